The van der Waals surface area contributed by atoms with Crippen molar-refractivity contribution < 1.29 is 23.8 Å². The van der Waals surface area contributed by atoms with E-state index in [9.17, 15) is 9.59 Å². The smallest absolute Gasteiger partial charge is 0.311 e. The van der Waals surface area contributed by atoms with Crippen molar-refractivity contribution in [3.8, 4) is 17.2 Å². The van der Waals surface area contributed by atoms with Crippen molar-refractivity contribution >= 4 is 17.6 Å². The van der Waals surface area contributed by atoms with Crippen LogP contribution >= 0.6 is 0 Å². The third kappa shape index (κ3) is 6.89. The average molecular weight is 419 g/mol. The molecule has 0 aromatic heterocycles. The quantitative estimate of drug-likeness (QED) is 0.299. The maximum absolute atomic E-state index is 12.3. The lowest BCUT2D eigenvalue weighted by Gasteiger charge is -2.08. The maximum atomic E-state index is 12.3. The summed E-state index contributed by atoms with van der Waals surface area (Å²) in [6, 6.07) is 21.3. The van der Waals surface area contributed by atoms with Crippen LogP contribution in [-0.4, -0.2) is 25.6 Å². The normalized spacial score (nSPS) is 10.3. The lowest BCUT2D eigenvalue weighted by Crippen LogP contribution is -2.12. The molecule has 0 spiro atoms. The highest BCUT2D eigenvalue weighted by atomic mass is 16.5. The fourth-order valence-electron chi connectivity index (χ4n) is 2.78. The van der Waals surface area contributed by atoms with Crippen LogP contribution in [0.5, 0.6) is 17.2 Å². The van der Waals surface area contributed by atoms with Gasteiger partial charge < -0.3 is 19.5 Å². The Morgan fingerprint density at radius 2 is 1.42 bits per heavy atom. The first-order valence-electron chi connectivity index (χ1n) is 9.99. The summed E-state index contributed by atoms with van der Waals surface area (Å²) in [5.41, 5.74) is 2.33. The fraction of sp³-hybridized carbons (Fsp3) is 0.200. The monoisotopic (exact) mass is 419 g/mol. The second-order valence-corrected chi connectivity index (χ2v) is 6.95. The summed E-state index contributed by atoms with van der Waals surface area (Å²) in [4.78, 5) is 24.3. The first-order chi connectivity index (χ1) is 15.0. The number of carbonyl (C=O) groups is 2. The van der Waals surface area contributed by atoms with Gasteiger partial charge in [-0.15, -0.1) is 0 Å². The summed E-state index contributed by atoms with van der Waals surface area (Å²) in [7, 11) is 1.61. The zero-order valence-electron chi connectivity index (χ0n) is 17.6. The highest BCUT2D eigenvalue weighted by Gasteiger charge is 2.09. The van der Waals surface area contributed by atoms with Crippen molar-refractivity contribution in [1.29, 1.82) is 0 Å². The molecule has 0 aliphatic rings. The number of aryl methyl sites for hydroxylation is 1. The van der Waals surface area contributed by atoms with Crippen LogP contribution in [0.2, 0.25) is 0 Å². The Kier molecular flexibility index (Phi) is 7.65. The third-order valence-electron chi connectivity index (χ3n) is 4.51. The van der Waals surface area contributed by atoms with Crippen LogP contribution in [0, 0.1) is 6.92 Å². The Labute approximate surface area is 181 Å². The molecule has 6 nitrogen and oxygen atoms in total. The van der Waals surface area contributed by atoms with E-state index in [-0.39, 0.29) is 18.3 Å². The van der Waals surface area contributed by atoms with E-state index < -0.39 is 0 Å². The van der Waals surface area contributed by atoms with E-state index in [1.165, 1.54) is 0 Å². The summed E-state index contributed by atoms with van der Waals surface area (Å²) < 4.78 is 16.0. The zero-order chi connectivity index (χ0) is 22.1. The molecule has 1 N–H and O–H groups in total. The van der Waals surface area contributed by atoms with Gasteiger partial charge in [0, 0.05) is 17.7 Å². The maximum Gasteiger partial charge on any atom is 0.311 e. The van der Waals surface area contributed by atoms with Crippen molar-refractivity contribution in [3.05, 3.63) is 83.9 Å². The lowest BCUT2D eigenvalue weighted by atomic mass is 10.2. The van der Waals surface area contributed by atoms with Gasteiger partial charge in [0.25, 0.3) is 5.91 Å². The van der Waals surface area contributed by atoms with E-state index in [1.54, 1.807) is 31.4 Å². The lowest BCUT2D eigenvalue weighted by molar-refractivity contribution is -0.134. The number of benzene rings is 3. The van der Waals surface area contributed by atoms with Crippen molar-refractivity contribution in [2.45, 2.75) is 19.8 Å². The van der Waals surface area contributed by atoms with Gasteiger partial charge in [0.1, 0.15) is 17.2 Å². The molecule has 3 aromatic carbocycles. The molecule has 0 atom stereocenters. The van der Waals surface area contributed by atoms with Crippen LogP contribution in [0.1, 0.15) is 28.8 Å². The Bertz CT molecular complexity index is 996. The molecular formula is C25H25NO5. The largest absolute Gasteiger partial charge is 0.497 e. The number of nitrogens with one attached hydrogen (secondary N) is 1. The minimum atomic E-state index is -0.352. The number of anilines is 1. The first kappa shape index (κ1) is 21.9. The molecule has 0 unspecified atom stereocenters. The molecule has 0 saturated heterocycles. The Hall–Kier alpha value is -3.80. The van der Waals surface area contributed by atoms with Crippen molar-refractivity contribution in [2.24, 2.45) is 0 Å². The minimum absolute atomic E-state index is 0.225. The standard InChI is InChI=1S/C25H25NO5/c1-18-5-9-20(10-6-18)26-25(28)19-7-11-23(12-8-19)31-24(27)4-3-17-30-22-15-13-21(29-2)14-16-22/h5-16H,3-4,17H2,1-2H3,(H,26,28). The van der Waals surface area contributed by atoms with Crippen LogP contribution in [0.4, 0.5) is 5.69 Å². The Morgan fingerprint density at radius 3 is 2.06 bits per heavy atom. The molecule has 3 rings (SSSR count). The van der Waals surface area contributed by atoms with Gasteiger partial charge in [-0.25, -0.2) is 0 Å². The zero-order valence-corrected chi connectivity index (χ0v) is 17.6. The van der Waals surface area contributed by atoms with Crippen LogP contribution in [0.15, 0.2) is 72.8 Å². The summed E-state index contributed by atoms with van der Waals surface area (Å²) >= 11 is 0. The Morgan fingerprint density at radius 1 is 0.806 bits per heavy atom. The number of amides is 1. The molecule has 0 fully saturated rings. The number of rotatable bonds is 9. The molecule has 0 radical (unpaired) electrons. The molecule has 0 aliphatic carbocycles. The number of esters is 1. The molecule has 0 aliphatic heterocycles. The molecule has 1 amide bonds. The number of hydrogen-bond donors (Lipinski definition) is 1. The molecule has 160 valence electrons. The van der Waals surface area contributed by atoms with Gasteiger partial charge in [-0.1, -0.05) is 17.7 Å². The highest BCUT2D eigenvalue weighted by molar-refractivity contribution is 6.04. The third-order valence-corrected chi connectivity index (χ3v) is 4.51. The van der Waals surface area contributed by atoms with Crippen molar-refractivity contribution in [1.82, 2.24) is 0 Å². The summed E-state index contributed by atoms with van der Waals surface area (Å²) in [6.07, 6.45) is 0.758. The molecular weight excluding hydrogens is 394 g/mol. The van der Waals surface area contributed by atoms with Gasteiger partial charge >= 0.3 is 5.97 Å². The van der Waals surface area contributed by atoms with Crippen molar-refractivity contribution in [2.75, 3.05) is 19.0 Å². The molecule has 0 bridgehead atoms. The predicted octanol–water partition coefficient (Wildman–Crippen LogP) is 5.02. The predicted molar refractivity (Wildman–Crippen MR) is 119 cm³/mol. The van der Waals surface area contributed by atoms with Gasteiger partial charge in [0.15, 0.2) is 0 Å². The average Bonchev–Trinajstić information content (AvgIpc) is 2.79. The summed E-state index contributed by atoms with van der Waals surface area (Å²) in [5.74, 6) is 1.30. The van der Waals surface area contributed by atoms with Gasteiger partial charge in [-0.3, -0.25) is 9.59 Å². The summed E-state index contributed by atoms with van der Waals surface area (Å²) in [5, 5.41) is 2.83. The minimum Gasteiger partial charge on any atom is -0.497 e. The van der Waals surface area contributed by atoms with Crippen LogP contribution in [0.25, 0.3) is 0 Å². The first-order valence-corrected chi connectivity index (χ1v) is 9.99. The second-order valence-electron chi connectivity index (χ2n) is 6.95. The molecule has 0 heterocycles. The summed E-state index contributed by atoms with van der Waals surface area (Å²) in [6.45, 7) is 2.39. The van der Waals surface area contributed by atoms with Crippen LogP contribution in [0.3, 0.4) is 0 Å². The van der Waals surface area contributed by atoms with Gasteiger partial charge in [0.05, 0.1) is 13.7 Å². The SMILES string of the molecule is COc1ccc(OCCCC(=O)Oc2ccc(C(=O)Nc3ccc(C)cc3)cc2)cc1. The highest BCUT2D eigenvalue weighted by Crippen LogP contribution is 2.18. The number of methoxy groups -OCH3 is 1. The molecule has 0 saturated carbocycles. The molecule has 3 aromatic rings. The number of hydrogen-bond acceptors (Lipinski definition) is 5. The van der Waals surface area contributed by atoms with E-state index >= 15 is 0 Å². The fourth-order valence-corrected chi connectivity index (χ4v) is 2.78. The van der Waals surface area contributed by atoms with Crippen LogP contribution in [-0.2, 0) is 4.79 Å². The van der Waals surface area contributed by atoms with E-state index in [0.717, 1.165) is 17.0 Å². The van der Waals surface area contributed by atoms with Gasteiger partial charge in [-0.2, -0.15) is 0 Å². The second kappa shape index (κ2) is 10.8. The van der Waals surface area contributed by atoms with E-state index in [1.807, 2.05) is 55.5 Å². The van der Waals surface area contributed by atoms with Gasteiger partial charge in [0.2, 0.25) is 0 Å². The van der Waals surface area contributed by atoms with E-state index in [2.05, 4.69) is 5.32 Å². The Balaban J connectivity index is 1.40. The molecule has 6 heteroatoms. The van der Waals surface area contributed by atoms with E-state index in [4.69, 9.17) is 14.2 Å². The van der Waals surface area contributed by atoms with Crippen molar-refractivity contribution in [3.63, 3.8) is 0 Å². The van der Waals surface area contributed by atoms with Crippen LogP contribution < -0.4 is 19.5 Å². The van der Waals surface area contributed by atoms with Gasteiger partial charge in [-0.05, 0) is 74.0 Å². The van der Waals surface area contributed by atoms with E-state index in [0.29, 0.717) is 30.1 Å². The molecule has 31 heavy (non-hydrogen) atoms. The number of ether oxygens (including phenoxy) is 3. The topological polar surface area (TPSA) is 73.9 Å². The number of carbonyl (C=O) groups excluding carboxylic acids is 2.